The van der Waals surface area contributed by atoms with Crippen LogP contribution in [0.3, 0.4) is 0 Å². The summed E-state index contributed by atoms with van der Waals surface area (Å²) in [4.78, 5) is 1.97. The molecule has 4 nitrogen and oxygen atoms in total. The Labute approximate surface area is 138 Å². The van der Waals surface area contributed by atoms with Gasteiger partial charge in [0.15, 0.2) is 0 Å². The lowest BCUT2D eigenvalue weighted by molar-refractivity contribution is -0.274. The summed E-state index contributed by atoms with van der Waals surface area (Å²) in [6.07, 6.45) is -4.84. The average Bonchev–Trinajstić information content (AvgIpc) is 2.50. The Morgan fingerprint density at radius 2 is 1.88 bits per heavy atom. The molecule has 0 radical (unpaired) electrons. The number of piperazine rings is 1. The second-order valence-corrected chi connectivity index (χ2v) is 6.57. The van der Waals surface area contributed by atoms with E-state index < -0.39 is 29.4 Å². The number of rotatable bonds is 5. The van der Waals surface area contributed by atoms with Gasteiger partial charge in [-0.1, -0.05) is 13.8 Å². The fraction of sp³-hybridized carbons (Fsp3) is 0.625. The summed E-state index contributed by atoms with van der Waals surface area (Å²) >= 11 is 0. The summed E-state index contributed by atoms with van der Waals surface area (Å²) in [7, 11) is 0. The van der Waals surface area contributed by atoms with Crippen molar-refractivity contribution in [3.8, 4) is 5.75 Å². The van der Waals surface area contributed by atoms with Crippen LogP contribution in [0.4, 0.5) is 17.6 Å². The predicted molar refractivity (Wildman–Crippen MR) is 81.1 cm³/mol. The number of nitrogens with one attached hydrogen (secondary N) is 1. The second kappa shape index (κ2) is 7.25. The van der Waals surface area contributed by atoms with E-state index in [0.29, 0.717) is 26.2 Å². The molecule has 0 spiro atoms. The first kappa shape index (κ1) is 19.0. The molecule has 1 heterocycles. The Hall–Kier alpha value is -1.38. The highest BCUT2D eigenvalue weighted by molar-refractivity contribution is 5.33. The minimum atomic E-state index is -4.84. The smallest absolute Gasteiger partial charge is 0.406 e. The molecule has 1 saturated heterocycles. The number of nitrogens with zero attached hydrogens (tertiary/aromatic N) is 1. The molecule has 24 heavy (non-hydrogen) atoms. The molecule has 1 aliphatic heterocycles. The maximum atomic E-state index is 14.4. The van der Waals surface area contributed by atoms with Crippen molar-refractivity contribution in [3.63, 3.8) is 0 Å². The minimum Gasteiger partial charge on any atom is -0.406 e. The number of hydrogen-bond acceptors (Lipinski definition) is 4. The third kappa shape index (κ3) is 4.58. The molecular weight excluding hydrogens is 328 g/mol. The average molecular weight is 350 g/mol. The summed E-state index contributed by atoms with van der Waals surface area (Å²) in [6.45, 7) is 5.89. The minimum absolute atomic E-state index is 0.0951. The Morgan fingerprint density at radius 3 is 2.42 bits per heavy atom. The molecule has 136 valence electrons. The van der Waals surface area contributed by atoms with Gasteiger partial charge in [-0.05, 0) is 18.2 Å². The number of aliphatic hydroxyl groups excluding tert-OH is 1. The van der Waals surface area contributed by atoms with Crippen LogP contribution >= 0.6 is 0 Å². The molecule has 0 aliphatic carbocycles. The zero-order valence-electron chi connectivity index (χ0n) is 13.7. The number of aliphatic hydroxyl groups is 1. The van der Waals surface area contributed by atoms with Crippen molar-refractivity contribution in [1.29, 1.82) is 0 Å². The summed E-state index contributed by atoms with van der Waals surface area (Å²) in [6, 6.07) is 2.43. The summed E-state index contributed by atoms with van der Waals surface area (Å²) in [5.74, 6) is -1.08. The molecule has 1 fully saturated rings. The van der Waals surface area contributed by atoms with Crippen LogP contribution in [0.5, 0.6) is 5.75 Å². The lowest BCUT2D eigenvalue weighted by Gasteiger charge is -2.43. The zero-order chi connectivity index (χ0) is 18.0. The number of benzene rings is 1. The first-order chi connectivity index (χ1) is 11.1. The SMILES string of the molecule is CC(C)(CO)[C@H](c1cc(OC(F)(F)F)ccc1F)N1CCNCC1. The Kier molecular flexibility index (Phi) is 5.72. The van der Waals surface area contributed by atoms with Crippen molar-refractivity contribution < 1.29 is 27.4 Å². The highest BCUT2D eigenvalue weighted by atomic mass is 19.4. The Bertz CT molecular complexity index is 557. The standard InChI is InChI=1S/C16H22F4N2O2/c1-15(2,10-23)14(22-7-5-21-6-8-22)12-9-11(3-4-13(12)17)24-16(18,19)20/h3-4,9,14,21,23H,5-8,10H2,1-2H3/t14-/m0/s1. The monoisotopic (exact) mass is 350 g/mol. The lowest BCUT2D eigenvalue weighted by Crippen LogP contribution is -2.49. The molecule has 1 aromatic carbocycles. The van der Waals surface area contributed by atoms with E-state index in [2.05, 4.69) is 10.1 Å². The quantitative estimate of drug-likeness (QED) is 0.802. The maximum Gasteiger partial charge on any atom is 0.573 e. The number of halogens is 4. The molecule has 1 aliphatic rings. The third-order valence-electron chi connectivity index (χ3n) is 4.16. The van der Waals surface area contributed by atoms with E-state index in [0.717, 1.165) is 18.2 Å². The van der Waals surface area contributed by atoms with Gasteiger partial charge in [0.25, 0.3) is 0 Å². The van der Waals surface area contributed by atoms with Gasteiger partial charge in [-0.25, -0.2) is 4.39 Å². The van der Waals surface area contributed by atoms with Crippen LogP contribution in [0, 0.1) is 11.2 Å². The van der Waals surface area contributed by atoms with Gasteiger partial charge < -0.3 is 15.2 Å². The van der Waals surface area contributed by atoms with Crippen LogP contribution in [0.15, 0.2) is 18.2 Å². The molecule has 1 atom stereocenters. The molecule has 2 rings (SSSR count). The maximum absolute atomic E-state index is 14.4. The van der Waals surface area contributed by atoms with E-state index in [1.54, 1.807) is 13.8 Å². The van der Waals surface area contributed by atoms with Gasteiger partial charge in [0.2, 0.25) is 0 Å². The second-order valence-electron chi connectivity index (χ2n) is 6.57. The van der Waals surface area contributed by atoms with E-state index in [4.69, 9.17) is 0 Å². The van der Waals surface area contributed by atoms with Crippen LogP contribution in [-0.2, 0) is 0 Å². The van der Waals surface area contributed by atoms with Crippen molar-refractivity contribution in [2.75, 3.05) is 32.8 Å². The number of alkyl halides is 3. The third-order valence-corrected chi connectivity index (χ3v) is 4.16. The van der Waals surface area contributed by atoms with Gasteiger partial charge in [0, 0.05) is 49.8 Å². The molecule has 0 saturated carbocycles. The van der Waals surface area contributed by atoms with Crippen molar-refractivity contribution in [3.05, 3.63) is 29.6 Å². The Balaban J connectivity index is 2.42. The Morgan fingerprint density at radius 1 is 1.25 bits per heavy atom. The summed E-state index contributed by atoms with van der Waals surface area (Å²) in [5, 5.41) is 12.9. The molecule has 2 N–H and O–H groups in total. The molecule has 0 aromatic heterocycles. The normalized spacial score (nSPS) is 18.5. The van der Waals surface area contributed by atoms with E-state index in [1.807, 2.05) is 4.90 Å². The van der Waals surface area contributed by atoms with Crippen LogP contribution in [0.2, 0.25) is 0 Å². The fourth-order valence-electron chi connectivity index (χ4n) is 3.07. The highest BCUT2D eigenvalue weighted by Crippen LogP contribution is 2.41. The number of ether oxygens (including phenoxy) is 1. The van der Waals surface area contributed by atoms with Gasteiger partial charge >= 0.3 is 6.36 Å². The summed E-state index contributed by atoms with van der Waals surface area (Å²) in [5.41, 5.74) is -0.646. The van der Waals surface area contributed by atoms with Gasteiger partial charge in [-0.15, -0.1) is 13.2 Å². The highest BCUT2D eigenvalue weighted by Gasteiger charge is 2.38. The van der Waals surface area contributed by atoms with Gasteiger partial charge in [-0.3, -0.25) is 4.90 Å². The van der Waals surface area contributed by atoms with Crippen LogP contribution in [0.1, 0.15) is 25.5 Å². The van der Waals surface area contributed by atoms with Crippen molar-refractivity contribution >= 4 is 0 Å². The fourth-order valence-corrected chi connectivity index (χ4v) is 3.07. The topological polar surface area (TPSA) is 44.7 Å². The van der Waals surface area contributed by atoms with E-state index in [9.17, 15) is 22.7 Å². The first-order valence-corrected chi connectivity index (χ1v) is 7.75. The van der Waals surface area contributed by atoms with Crippen LogP contribution in [-0.4, -0.2) is 49.2 Å². The van der Waals surface area contributed by atoms with E-state index in [1.165, 1.54) is 0 Å². The molecule has 0 unspecified atom stereocenters. The van der Waals surface area contributed by atoms with Crippen molar-refractivity contribution in [2.24, 2.45) is 5.41 Å². The largest absolute Gasteiger partial charge is 0.573 e. The molecule has 8 heteroatoms. The molecule has 1 aromatic rings. The van der Waals surface area contributed by atoms with Gasteiger partial charge in [0.1, 0.15) is 11.6 Å². The molecule has 0 bridgehead atoms. The van der Waals surface area contributed by atoms with Crippen LogP contribution in [0.25, 0.3) is 0 Å². The van der Waals surface area contributed by atoms with Gasteiger partial charge in [-0.2, -0.15) is 0 Å². The van der Waals surface area contributed by atoms with Crippen LogP contribution < -0.4 is 10.1 Å². The van der Waals surface area contributed by atoms with E-state index >= 15 is 0 Å². The van der Waals surface area contributed by atoms with Gasteiger partial charge in [0.05, 0.1) is 0 Å². The zero-order valence-corrected chi connectivity index (χ0v) is 13.7. The van der Waals surface area contributed by atoms with Crippen molar-refractivity contribution in [2.45, 2.75) is 26.3 Å². The molecular formula is C16H22F4N2O2. The van der Waals surface area contributed by atoms with Crippen molar-refractivity contribution in [1.82, 2.24) is 10.2 Å². The molecule has 0 amide bonds. The number of hydrogen-bond donors (Lipinski definition) is 2. The lowest BCUT2D eigenvalue weighted by atomic mass is 9.79. The predicted octanol–water partition coefficient (Wildman–Crippen LogP) is 2.69. The first-order valence-electron chi connectivity index (χ1n) is 7.75. The summed E-state index contributed by atoms with van der Waals surface area (Å²) < 4.78 is 55.7. The van der Waals surface area contributed by atoms with E-state index in [-0.39, 0.29) is 12.2 Å².